The third-order valence-electron chi connectivity index (χ3n) is 4.81. The minimum Gasteiger partial charge on any atom is -0.481 e. The lowest BCUT2D eigenvalue weighted by atomic mass is 10.1. The molecule has 3 aromatic rings. The monoisotopic (exact) mass is 472 g/mol. The Morgan fingerprint density at radius 3 is 2.25 bits per heavy atom. The Hall–Kier alpha value is -3.03. The zero-order valence-electron chi connectivity index (χ0n) is 18.1. The summed E-state index contributed by atoms with van der Waals surface area (Å²) in [5.41, 5.74) is 2.89. The zero-order chi connectivity index (χ0) is 23.3. The third kappa shape index (κ3) is 6.02. The maximum Gasteiger partial charge on any atom is 0.265 e. The quantitative estimate of drug-likeness (QED) is 0.450. The van der Waals surface area contributed by atoms with Crippen molar-refractivity contribution in [2.75, 3.05) is 10.0 Å². The van der Waals surface area contributed by atoms with Gasteiger partial charge in [0.1, 0.15) is 5.75 Å². The van der Waals surface area contributed by atoms with Crippen molar-refractivity contribution in [1.29, 1.82) is 0 Å². The molecule has 0 bridgehead atoms. The van der Waals surface area contributed by atoms with Crippen LogP contribution in [0.15, 0.2) is 71.6 Å². The number of carbonyl (C=O) groups excluding carboxylic acids is 1. The van der Waals surface area contributed by atoms with Crippen molar-refractivity contribution in [1.82, 2.24) is 0 Å². The highest BCUT2D eigenvalue weighted by Crippen LogP contribution is 2.22. The van der Waals surface area contributed by atoms with Crippen LogP contribution in [0, 0.1) is 13.8 Å². The van der Waals surface area contributed by atoms with Gasteiger partial charge in [-0.05, 0) is 80.4 Å². The first-order chi connectivity index (χ1) is 15.2. The van der Waals surface area contributed by atoms with Gasteiger partial charge in [0.25, 0.3) is 15.9 Å². The van der Waals surface area contributed by atoms with Gasteiger partial charge in [0.05, 0.1) is 10.6 Å². The van der Waals surface area contributed by atoms with E-state index >= 15 is 0 Å². The van der Waals surface area contributed by atoms with Crippen molar-refractivity contribution in [3.63, 3.8) is 0 Å². The predicted molar refractivity (Wildman–Crippen MR) is 128 cm³/mol. The number of aryl methyl sites for hydroxylation is 2. The molecule has 32 heavy (non-hydrogen) atoms. The van der Waals surface area contributed by atoms with Crippen molar-refractivity contribution in [3.05, 3.63) is 82.9 Å². The Bertz CT molecular complexity index is 1190. The maximum atomic E-state index is 12.7. The normalized spacial score (nSPS) is 12.1. The second-order valence-electron chi connectivity index (χ2n) is 7.41. The number of hydrogen-bond donors (Lipinski definition) is 2. The second-order valence-corrected chi connectivity index (χ2v) is 9.53. The van der Waals surface area contributed by atoms with Gasteiger partial charge in [-0.25, -0.2) is 8.42 Å². The van der Waals surface area contributed by atoms with E-state index in [-0.39, 0.29) is 10.8 Å². The summed E-state index contributed by atoms with van der Waals surface area (Å²) in [6.07, 6.45) is -0.244. The zero-order valence-corrected chi connectivity index (χ0v) is 19.6. The number of anilines is 2. The molecule has 0 saturated carbocycles. The van der Waals surface area contributed by atoms with E-state index in [1.807, 2.05) is 32.9 Å². The summed E-state index contributed by atoms with van der Waals surface area (Å²) in [6.45, 7) is 5.64. The molecule has 0 spiro atoms. The maximum absolute atomic E-state index is 12.7. The SMILES string of the molecule is CC[C@@H](Oc1ccc(Cl)cc1)C(=O)Nc1ccc(S(=O)(=O)Nc2ccc(C)cc2C)cc1. The lowest BCUT2D eigenvalue weighted by Gasteiger charge is -2.17. The van der Waals surface area contributed by atoms with Crippen LogP contribution in [0.4, 0.5) is 11.4 Å². The van der Waals surface area contributed by atoms with Crippen LogP contribution in [-0.4, -0.2) is 20.4 Å². The highest BCUT2D eigenvalue weighted by Gasteiger charge is 2.20. The molecule has 0 aromatic heterocycles. The molecular formula is C24H25ClN2O4S. The Morgan fingerprint density at radius 1 is 1.00 bits per heavy atom. The van der Waals surface area contributed by atoms with Crippen LogP contribution in [0.25, 0.3) is 0 Å². The smallest absolute Gasteiger partial charge is 0.265 e. The van der Waals surface area contributed by atoms with E-state index in [9.17, 15) is 13.2 Å². The number of nitrogens with one attached hydrogen (secondary N) is 2. The summed E-state index contributed by atoms with van der Waals surface area (Å²) < 4.78 is 33.8. The van der Waals surface area contributed by atoms with Crippen molar-refractivity contribution in [2.45, 2.75) is 38.2 Å². The standard InChI is InChI=1S/C24H25ClN2O4S/c1-4-23(31-20-10-6-18(25)7-11-20)24(28)26-19-8-12-21(13-9-19)32(29,30)27-22-14-5-16(2)15-17(22)3/h5-15,23,27H,4H2,1-3H3,(H,26,28)/t23-/m1/s1. The Labute approximate surface area is 193 Å². The Morgan fingerprint density at radius 2 is 1.66 bits per heavy atom. The van der Waals surface area contributed by atoms with Gasteiger partial charge in [-0.2, -0.15) is 0 Å². The number of carbonyl (C=O) groups is 1. The van der Waals surface area contributed by atoms with Crippen LogP contribution in [0.5, 0.6) is 5.75 Å². The van der Waals surface area contributed by atoms with E-state index < -0.39 is 16.1 Å². The molecule has 0 heterocycles. The Kier molecular flexibility index (Phi) is 7.43. The minimum atomic E-state index is -3.76. The van der Waals surface area contributed by atoms with Gasteiger partial charge in [0.15, 0.2) is 6.10 Å². The average Bonchev–Trinajstić information content (AvgIpc) is 2.75. The van der Waals surface area contributed by atoms with Crippen LogP contribution in [0.3, 0.4) is 0 Å². The molecule has 0 aliphatic carbocycles. The summed E-state index contributed by atoms with van der Waals surface area (Å²) in [5, 5.41) is 3.34. The molecule has 0 aliphatic heterocycles. The number of rotatable bonds is 8. The highest BCUT2D eigenvalue weighted by atomic mass is 35.5. The van der Waals surface area contributed by atoms with Crippen molar-refractivity contribution >= 4 is 38.9 Å². The first-order valence-corrected chi connectivity index (χ1v) is 12.0. The average molecular weight is 473 g/mol. The molecule has 6 nitrogen and oxygen atoms in total. The van der Waals surface area contributed by atoms with Crippen LogP contribution < -0.4 is 14.8 Å². The first kappa shape index (κ1) is 23.6. The van der Waals surface area contributed by atoms with E-state index in [0.29, 0.717) is 28.6 Å². The first-order valence-electron chi connectivity index (χ1n) is 10.1. The number of hydrogen-bond acceptors (Lipinski definition) is 4. The topological polar surface area (TPSA) is 84.5 Å². The van der Waals surface area contributed by atoms with Gasteiger partial charge in [-0.1, -0.05) is 36.2 Å². The molecule has 168 valence electrons. The second kappa shape index (κ2) is 10.1. The van der Waals surface area contributed by atoms with E-state index in [4.69, 9.17) is 16.3 Å². The Balaban J connectivity index is 1.67. The highest BCUT2D eigenvalue weighted by molar-refractivity contribution is 7.92. The summed E-state index contributed by atoms with van der Waals surface area (Å²) in [5.74, 6) is 0.210. The molecule has 0 aliphatic rings. The van der Waals surface area contributed by atoms with E-state index in [1.54, 1.807) is 42.5 Å². The van der Waals surface area contributed by atoms with Crippen molar-refractivity contribution in [3.8, 4) is 5.75 Å². The fourth-order valence-electron chi connectivity index (χ4n) is 3.07. The summed E-state index contributed by atoms with van der Waals surface area (Å²) in [7, 11) is -3.76. The largest absolute Gasteiger partial charge is 0.481 e. The van der Waals surface area contributed by atoms with Crippen molar-refractivity contribution < 1.29 is 17.9 Å². The number of ether oxygens (including phenoxy) is 1. The molecule has 3 rings (SSSR count). The fourth-order valence-corrected chi connectivity index (χ4v) is 4.33. The van der Waals surface area contributed by atoms with E-state index in [2.05, 4.69) is 10.0 Å². The van der Waals surface area contributed by atoms with Gasteiger partial charge >= 0.3 is 0 Å². The molecule has 1 amide bonds. The third-order valence-corrected chi connectivity index (χ3v) is 6.45. The number of sulfonamides is 1. The summed E-state index contributed by atoms with van der Waals surface area (Å²) in [4.78, 5) is 12.7. The number of halogens is 1. The van der Waals surface area contributed by atoms with Crippen LogP contribution in [-0.2, 0) is 14.8 Å². The molecule has 0 saturated heterocycles. The van der Waals surface area contributed by atoms with Gasteiger partial charge in [-0.3, -0.25) is 9.52 Å². The van der Waals surface area contributed by atoms with Crippen LogP contribution in [0.2, 0.25) is 5.02 Å². The summed E-state index contributed by atoms with van der Waals surface area (Å²) in [6, 6.07) is 18.2. The van der Waals surface area contributed by atoms with Gasteiger partial charge in [0, 0.05) is 10.7 Å². The van der Waals surface area contributed by atoms with E-state index in [0.717, 1.165) is 11.1 Å². The lowest BCUT2D eigenvalue weighted by Crippen LogP contribution is -2.32. The van der Waals surface area contributed by atoms with Gasteiger partial charge < -0.3 is 10.1 Å². The number of benzene rings is 3. The van der Waals surface area contributed by atoms with E-state index in [1.165, 1.54) is 12.1 Å². The van der Waals surface area contributed by atoms with Crippen LogP contribution in [0.1, 0.15) is 24.5 Å². The molecule has 1 atom stereocenters. The number of amides is 1. The minimum absolute atomic E-state index is 0.0972. The van der Waals surface area contributed by atoms with Crippen LogP contribution >= 0.6 is 11.6 Å². The predicted octanol–water partition coefficient (Wildman–Crippen LogP) is 5.55. The molecule has 8 heteroatoms. The molecule has 3 aromatic carbocycles. The molecule has 0 unspecified atom stereocenters. The molecule has 2 N–H and O–H groups in total. The van der Waals surface area contributed by atoms with Crippen molar-refractivity contribution in [2.24, 2.45) is 0 Å². The van der Waals surface area contributed by atoms with Gasteiger partial charge in [-0.15, -0.1) is 0 Å². The molecule has 0 fully saturated rings. The fraction of sp³-hybridized carbons (Fsp3) is 0.208. The summed E-state index contributed by atoms with van der Waals surface area (Å²) >= 11 is 5.87. The lowest BCUT2D eigenvalue weighted by molar-refractivity contribution is -0.122. The van der Waals surface area contributed by atoms with Gasteiger partial charge in [0.2, 0.25) is 0 Å². The molecule has 0 radical (unpaired) electrons. The molecular weight excluding hydrogens is 448 g/mol.